The van der Waals surface area contributed by atoms with Gasteiger partial charge in [0.05, 0.1) is 18.8 Å². The van der Waals surface area contributed by atoms with E-state index >= 15 is 0 Å². The molecule has 4 rings (SSSR count). The van der Waals surface area contributed by atoms with Crippen molar-refractivity contribution in [1.82, 2.24) is 0 Å². The van der Waals surface area contributed by atoms with Crippen molar-refractivity contribution in [1.29, 1.82) is 0 Å². The molecule has 0 fully saturated rings. The molecule has 0 saturated heterocycles. The van der Waals surface area contributed by atoms with Crippen molar-refractivity contribution in [3.05, 3.63) is 53.6 Å². The zero-order valence-corrected chi connectivity index (χ0v) is 16.5. The van der Waals surface area contributed by atoms with Gasteiger partial charge in [-0.25, -0.2) is 0 Å². The minimum absolute atomic E-state index is 0. The molecule has 0 aliphatic carbocycles. The number of aliphatic hydroxyl groups is 1. The molecular formula is C21H31B2NO6. The van der Waals surface area contributed by atoms with Gasteiger partial charge in [0, 0.05) is 25.0 Å². The number of rotatable bonds is 6. The lowest BCUT2D eigenvalue weighted by Gasteiger charge is -2.11. The first kappa shape index (κ1) is 24.4. The van der Waals surface area contributed by atoms with Gasteiger partial charge in [0.2, 0.25) is 0 Å². The van der Waals surface area contributed by atoms with Gasteiger partial charge in [0.15, 0.2) is 0 Å². The molecule has 0 amide bonds. The SMILES string of the molecule is C.CC[C@H]1OB(O)c2c(OCCCO)cccc21.NC[C@H]1OB(O)c2ccccc21. The fraction of sp³-hybridized carbons (Fsp3) is 0.429. The Morgan fingerprint density at radius 2 is 1.70 bits per heavy atom. The maximum atomic E-state index is 9.87. The average molecular weight is 415 g/mol. The maximum absolute atomic E-state index is 9.87. The van der Waals surface area contributed by atoms with E-state index in [2.05, 4.69) is 0 Å². The summed E-state index contributed by atoms with van der Waals surface area (Å²) in [6.07, 6.45) is 1.21. The van der Waals surface area contributed by atoms with Gasteiger partial charge in [-0.1, -0.05) is 50.7 Å². The summed E-state index contributed by atoms with van der Waals surface area (Å²) >= 11 is 0. The molecule has 30 heavy (non-hydrogen) atoms. The molecule has 2 aliphatic heterocycles. The highest BCUT2D eigenvalue weighted by atomic mass is 16.5. The molecule has 0 unspecified atom stereocenters. The Bertz CT molecular complexity index is 809. The maximum Gasteiger partial charge on any atom is 0.495 e. The van der Waals surface area contributed by atoms with E-state index in [9.17, 15) is 10.0 Å². The van der Waals surface area contributed by atoms with Gasteiger partial charge in [-0.15, -0.1) is 0 Å². The summed E-state index contributed by atoms with van der Waals surface area (Å²) in [5.74, 6) is 0.652. The predicted molar refractivity (Wildman–Crippen MR) is 119 cm³/mol. The van der Waals surface area contributed by atoms with Crippen LogP contribution in [0.2, 0.25) is 0 Å². The highest BCUT2D eigenvalue weighted by Crippen LogP contribution is 2.29. The molecule has 0 bridgehead atoms. The second-order valence-electron chi connectivity index (χ2n) is 6.91. The Morgan fingerprint density at radius 3 is 2.40 bits per heavy atom. The molecule has 0 saturated carbocycles. The van der Waals surface area contributed by atoms with Gasteiger partial charge in [-0.05, 0) is 29.1 Å². The van der Waals surface area contributed by atoms with Crippen LogP contribution in [-0.4, -0.2) is 49.1 Å². The van der Waals surface area contributed by atoms with Crippen LogP contribution < -0.4 is 21.4 Å². The third-order valence-corrected chi connectivity index (χ3v) is 5.03. The lowest BCUT2D eigenvalue weighted by Crippen LogP contribution is -2.30. The number of hydrogen-bond acceptors (Lipinski definition) is 7. The van der Waals surface area contributed by atoms with Crippen molar-refractivity contribution < 1.29 is 29.2 Å². The second-order valence-corrected chi connectivity index (χ2v) is 6.91. The van der Waals surface area contributed by atoms with Gasteiger partial charge in [-0.2, -0.15) is 0 Å². The van der Waals surface area contributed by atoms with Crippen LogP contribution >= 0.6 is 0 Å². The molecule has 0 aromatic heterocycles. The summed E-state index contributed by atoms with van der Waals surface area (Å²) in [6, 6.07) is 13.3. The molecule has 0 spiro atoms. The largest absolute Gasteiger partial charge is 0.495 e. The summed E-state index contributed by atoms with van der Waals surface area (Å²) in [7, 11) is -1.70. The zero-order valence-electron chi connectivity index (χ0n) is 16.5. The normalized spacial score (nSPS) is 18.8. The van der Waals surface area contributed by atoms with Crippen LogP contribution in [-0.2, 0) is 9.31 Å². The van der Waals surface area contributed by atoms with Crippen LogP contribution in [0.15, 0.2) is 42.5 Å². The molecule has 2 atom stereocenters. The van der Waals surface area contributed by atoms with E-state index in [0.29, 0.717) is 25.3 Å². The van der Waals surface area contributed by atoms with Gasteiger partial charge in [0.25, 0.3) is 0 Å². The van der Waals surface area contributed by atoms with Crippen molar-refractivity contribution in [3.8, 4) is 5.75 Å². The Balaban J connectivity index is 0.000000218. The van der Waals surface area contributed by atoms with Crippen LogP contribution in [0.25, 0.3) is 0 Å². The highest BCUT2D eigenvalue weighted by Gasteiger charge is 2.37. The van der Waals surface area contributed by atoms with E-state index in [1.165, 1.54) is 0 Å². The van der Waals surface area contributed by atoms with E-state index in [4.69, 9.17) is 24.9 Å². The number of fused-ring (bicyclic) bond motifs is 2. The number of benzene rings is 2. The van der Waals surface area contributed by atoms with Crippen LogP contribution in [0, 0.1) is 0 Å². The van der Waals surface area contributed by atoms with Crippen LogP contribution in [0.3, 0.4) is 0 Å². The van der Waals surface area contributed by atoms with Crippen molar-refractivity contribution in [2.75, 3.05) is 19.8 Å². The smallest absolute Gasteiger partial charge is 0.494 e. The number of aliphatic hydroxyl groups excluding tert-OH is 1. The van der Waals surface area contributed by atoms with E-state index in [1.54, 1.807) is 0 Å². The van der Waals surface area contributed by atoms with Gasteiger partial charge >= 0.3 is 14.2 Å². The highest BCUT2D eigenvalue weighted by molar-refractivity contribution is 6.63. The first-order valence-corrected chi connectivity index (χ1v) is 9.93. The van der Waals surface area contributed by atoms with E-state index in [1.807, 2.05) is 49.4 Å². The van der Waals surface area contributed by atoms with E-state index in [0.717, 1.165) is 28.5 Å². The standard InChI is InChI=1S/C12H17BO4.C8H10BNO2.CH4/c1-2-10-9-5-3-6-11(16-8-4-7-14)12(9)13(15)17-10;10-5-8-6-3-1-2-4-7(6)9(11)12-8;/h3,5-6,10,14-15H,2,4,7-8H2,1H3;1-4,8,11H,5,10H2;1H4/t10-;8-;/m11./s1. The molecule has 5 N–H and O–H groups in total. The van der Waals surface area contributed by atoms with Crippen LogP contribution in [0.5, 0.6) is 5.75 Å². The zero-order chi connectivity index (χ0) is 20.8. The summed E-state index contributed by atoms with van der Waals surface area (Å²) in [4.78, 5) is 0. The fourth-order valence-electron chi connectivity index (χ4n) is 3.61. The monoisotopic (exact) mass is 415 g/mol. The molecule has 2 heterocycles. The predicted octanol–water partition coefficient (Wildman–Crippen LogP) is 0.657. The lowest BCUT2D eigenvalue weighted by molar-refractivity contribution is 0.186. The molecule has 2 aromatic carbocycles. The molecular weight excluding hydrogens is 384 g/mol. The Labute approximate surface area is 179 Å². The summed E-state index contributed by atoms with van der Waals surface area (Å²) in [6.45, 7) is 2.97. The third kappa shape index (κ3) is 5.24. The Kier molecular flexibility index (Phi) is 9.36. The summed E-state index contributed by atoms with van der Waals surface area (Å²) in [5, 5.41) is 28.0. The van der Waals surface area contributed by atoms with Crippen LogP contribution in [0.1, 0.15) is 50.5 Å². The van der Waals surface area contributed by atoms with Crippen LogP contribution in [0.4, 0.5) is 0 Å². The summed E-state index contributed by atoms with van der Waals surface area (Å²) in [5.41, 5.74) is 9.06. The third-order valence-electron chi connectivity index (χ3n) is 5.03. The van der Waals surface area contributed by atoms with Gasteiger partial charge in [0.1, 0.15) is 5.75 Å². The van der Waals surface area contributed by atoms with Gasteiger partial charge < -0.3 is 34.9 Å². The Hall–Kier alpha value is -1.87. The topological polar surface area (TPSA) is 114 Å². The molecule has 2 aromatic rings. The van der Waals surface area contributed by atoms with E-state index in [-0.39, 0.29) is 26.2 Å². The molecule has 0 radical (unpaired) electrons. The van der Waals surface area contributed by atoms with Crippen molar-refractivity contribution in [2.24, 2.45) is 5.73 Å². The minimum Gasteiger partial charge on any atom is -0.494 e. The van der Waals surface area contributed by atoms with E-state index < -0.39 is 14.2 Å². The lowest BCUT2D eigenvalue weighted by atomic mass is 9.78. The molecule has 2 aliphatic rings. The Morgan fingerprint density at radius 1 is 1.00 bits per heavy atom. The minimum atomic E-state index is -0.903. The first-order valence-electron chi connectivity index (χ1n) is 9.93. The summed E-state index contributed by atoms with van der Waals surface area (Å²) < 4.78 is 16.2. The fourth-order valence-corrected chi connectivity index (χ4v) is 3.61. The second kappa shape index (κ2) is 11.5. The quantitative estimate of drug-likeness (QED) is 0.405. The van der Waals surface area contributed by atoms with Crippen molar-refractivity contribution in [3.63, 3.8) is 0 Å². The molecule has 162 valence electrons. The first-order chi connectivity index (χ1) is 14.1. The molecule has 9 heteroatoms. The van der Waals surface area contributed by atoms with Gasteiger partial charge in [-0.3, -0.25) is 0 Å². The number of nitrogens with two attached hydrogens (primary N) is 1. The average Bonchev–Trinajstić information content (AvgIpc) is 3.26. The van der Waals surface area contributed by atoms with Crippen molar-refractivity contribution in [2.45, 2.75) is 39.4 Å². The van der Waals surface area contributed by atoms with Crippen molar-refractivity contribution >= 4 is 25.2 Å². The molecule has 7 nitrogen and oxygen atoms in total. The number of ether oxygens (including phenoxy) is 1. The number of hydrogen-bond donors (Lipinski definition) is 4.